The average molecular weight is 402 g/mol. The number of nitrogens with one attached hydrogen (secondary N) is 1. The number of alkyl carbamates (subject to hydrolysis) is 1. The van der Waals surface area contributed by atoms with Gasteiger partial charge in [0.15, 0.2) is 5.69 Å². The largest absolute Gasteiger partial charge is 0.481 e. The number of nitrogens with zero attached hydrogens (tertiary/aromatic N) is 1. The molecule has 2 aromatic rings. The molecule has 2 rings (SSSR count). The van der Waals surface area contributed by atoms with Crippen molar-refractivity contribution in [1.29, 1.82) is 0 Å². The molecular formula is C20H22N2O7. The minimum Gasteiger partial charge on any atom is -0.481 e. The Morgan fingerprint density at radius 1 is 1.00 bits per heavy atom. The second-order valence-electron chi connectivity index (χ2n) is 5.84. The van der Waals surface area contributed by atoms with E-state index in [9.17, 15) is 14.4 Å². The van der Waals surface area contributed by atoms with E-state index in [0.29, 0.717) is 5.56 Å². The number of rotatable bonds is 8. The lowest BCUT2D eigenvalue weighted by molar-refractivity contribution is -0.143. The molecule has 1 heterocycles. The Morgan fingerprint density at radius 2 is 1.72 bits per heavy atom. The predicted molar refractivity (Wildman–Crippen MR) is 101 cm³/mol. The lowest BCUT2D eigenvalue weighted by Crippen LogP contribution is -2.43. The third-order valence-electron chi connectivity index (χ3n) is 3.94. The number of hydrogen-bond acceptors (Lipinski definition) is 8. The molecule has 0 radical (unpaired) electrons. The van der Waals surface area contributed by atoms with Crippen LogP contribution < -0.4 is 10.1 Å². The molecule has 1 amide bonds. The summed E-state index contributed by atoms with van der Waals surface area (Å²) >= 11 is 0. The van der Waals surface area contributed by atoms with Crippen molar-refractivity contribution in [3.8, 4) is 5.88 Å². The van der Waals surface area contributed by atoms with Gasteiger partial charge in [-0.2, -0.15) is 0 Å². The number of methoxy groups -OCH3 is 3. The van der Waals surface area contributed by atoms with Crippen LogP contribution in [0.15, 0.2) is 42.5 Å². The summed E-state index contributed by atoms with van der Waals surface area (Å²) in [7, 11) is 3.83. The van der Waals surface area contributed by atoms with Crippen LogP contribution in [-0.2, 0) is 32.0 Å². The number of benzene rings is 1. The molecule has 0 aliphatic carbocycles. The molecule has 0 aliphatic heterocycles. The molecule has 0 saturated heterocycles. The van der Waals surface area contributed by atoms with E-state index in [2.05, 4.69) is 15.0 Å². The Balaban J connectivity index is 2.09. The SMILES string of the molecule is COC(=O)c1ccc(C[C@H](NC(=O)OCc2ccccc2)C(=O)OC)c(OC)n1. The van der Waals surface area contributed by atoms with Gasteiger partial charge < -0.3 is 24.3 Å². The topological polar surface area (TPSA) is 113 Å². The van der Waals surface area contributed by atoms with Gasteiger partial charge in [0.05, 0.1) is 21.3 Å². The molecule has 9 heteroatoms. The Bertz CT molecular complexity index is 855. The maximum absolute atomic E-state index is 12.1. The van der Waals surface area contributed by atoms with Gasteiger partial charge >= 0.3 is 18.0 Å². The van der Waals surface area contributed by atoms with Gasteiger partial charge in [0, 0.05) is 12.0 Å². The van der Waals surface area contributed by atoms with E-state index in [4.69, 9.17) is 14.2 Å². The minimum atomic E-state index is -1.04. The molecule has 9 nitrogen and oxygen atoms in total. The number of hydrogen-bond donors (Lipinski definition) is 1. The van der Waals surface area contributed by atoms with Crippen LogP contribution >= 0.6 is 0 Å². The van der Waals surface area contributed by atoms with Crippen molar-refractivity contribution < 1.29 is 33.3 Å². The van der Waals surface area contributed by atoms with E-state index in [-0.39, 0.29) is 24.6 Å². The molecule has 1 aromatic carbocycles. The zero-order chi connectivity index (χ0) is 21.2. The molecule has 1 aromatic heterocycles. The van der Waals surface area contributed by atoms with E-state index < -0.39 is 24.1 Å². The van der Waals surface area contributed by atoms with Crippen LogP contribution in [-0.4, -0.2) is 50.4 Å². The summed E-state index contributed by atoms with van der Waals surface area (Å²) in [5.41, 5.74) is 1.35. The second kappa shape index (κ2) is 10.6. The van der Waals surface area contributed by atoms with Crippen molar-refractivity contribution in [2.75, 3.05) is 21.3 Å². The molecule has 154 valence electrons. The lowest BCUT2D eigenvalue weighted by Gasteiger charge is -2.18. The first-order valence-electron chi connectivity index (χ1n) is 8.65. The molecule has 0 spiro atoms. The van der Waals surface area contributed by atoms with Gasteiger partial charge in [-0.3, -0.25) is 0 Å². The molecule has 0 aliphatic rings. The zero-order valence-electron chi connectivity index (χ0n) is 16.3. The smallest absolute Gasteiger partial charge is 0.408 e. The summed E-state index contributed by atoms with van der Waals surface area (Å²) in [6, 6.07) is 11.1. The van der Waals surface area contributed by atoms with Crippen LogP contribution in [0, 0.1) is 0 Å². The highest BCUT2D eigenvalue weighted by molar-refractivity contribution is 5.87. The van der Waals surface area contributed by atoms with Crippen LogP contribution in [0.2, 0.25) is 0 Å². The number of carbonyl (C=O) groups excluding carboxylic acids is 3. The molecule has 1 atom stereocenters. The minimum absolute atomic E-state index is 0.0186. The highest BCUT2D eigenvalue weighted by Crippen LogP contribution is 2.19. The molecule has 0 saturated carbocycles. The van der Waals surface area contributed by atoms with E-state index in [0.717, 1.165) is 5.56 Å². The fourth-order valence-corrected chi connectivity index (χ4v) is 2.48. The monoisotopic (exact) mass is 402 g/mol. The number of pyridine rings is 1. The van der Waals surface area contributed by atoms with Crippen molar-refractivity contribution in [2.45, 2.75) is 19.1 Å². The average Bonchev–Trinajstić information content (AvgIpc) is 2.76. The van der Waals surface area contributed by atoms with Gasteiger partial charge in [-0.05, 0) is 11.6 Å². The summed E-state index contributed by atoms with van der Waals surface area (Å²) in [6.07, 6.45) is -0.757. The lowest BCUT2D eigenvalue weighted by atomic mass is 10.1. The van der Waals surface area contributed by atoms with E-state index >= 15 is 0 Å². The predicted octanol–water partition coefficient (Wildman–Crippen LogP) is 1.89. The zero-order valence-corrected chi connectivity index (χ0v) is 16.3. The first kappa shape index (κ1) is 21.7. The number of esters is 2. The van der Waals surface area contributed by atoms with Crippen molar-refractivity contribution in [3.05, 3.63) is 59.3 Å². The van der Waals surface area contributed by atoms with E-state index in [1.807, 2.05) is 30.3 Å². The van der Waals surface area contributed by atoms with Gasteiger partial charge in [0.2, 0.25) is 5.88 Å². The maximum atomic E-state index is 12.1. The summed E-state index contributed by atoms with van der Waals surface area (Å²) in [5.74, 6) is -1.16. The second-order valence-corrected chi connectivity index (χ2v) is 5.84. The normalized spacial score (nSPS) is 11.1. The molecule has 29 heavy (non-hydrogen) atoms. The van der Waals surface area contributed by atoms with Gasteiger partial charge in [0.25, 0.3) is 0 Å². The number of amides is 1. The van der Waals surface area contributed by atoms with Crippen LogP contribution in [0.1, 0.15) is 21.6 Å². The number of carbonyl (C=O) groups is 3. The Kier molecular flexibility index (Phi) is 7.96. The summed E-state index contributed by atoms with van der Waals surface area (Å²) in [4.78, 5) is 39.9. The molecule has 0 unspecified atom stereocenters. The van der Waals surface area contributed by atoms with Crippen molar-refractivity contribution >= 4 is 18.0 Å². The van der Waals surface area contributed by atoms with Crippen molar-refractivity contribution in [2.24, 2.45) is 0 Å². The number of ether oxygens (including phenoxy) is 4. The molecule has 0 bridgehead atoms. The van der Waals surface area contributed by atoms with E-state index in [1.54, 1.807) is 6.07 Å². The van der Waals surface area contributed by atoms with Crippen LogP contribution in [0.25, 0.3) is 0 Å². The molecule has 1 N–H and O–H groups in total. The van der Waals surface area contributed by atoms with Crippen molar-refractivity contribution in [3.63, 3.8) is 0 Å². The summed E-state index contributed by atoms with van der Waals surface area (Å²) < 4.78 is 19.7. The van der Waals surface area contributed by atoms with E-state index in [1.165, 1.54) is 27.4 Å². The first-order valence-corrected chi connectivity index (χ1v) is 8.65. The quantitative estimate of drug-likeness (QED) is 0.526. The number of aromatic nitrogens is 1. The van der Waals surface area contributed by atoms with Crippen LogP contribution in [0.4, 0.5) is 4.79 Å². The molecular weight excluding hydrogens is 380 g/mol. The highest BCUT2D eigenvalue weighted by Gasteiger charge is 2.25. The molecule has 0 fully saturated rings. The van der Waals surface area contributed by atoms with Gasteiger partial charge in [-0.25, -0.2) is 19.4 Å². The van der Waals surface area contributed by atoms with Gasteiger partial charge in [-0.1, -0.05) is 36.4 Å². The standard InChI is InChI=1S/C20H22N2O7/c1-26-17-14(9-10-15(21-17)18(23)27-2)11-16(19(24)28-3)22-20(25)29-12-13-7-5-4-6-8-13/h4-10,16H,11-12H2,1-3H3,(H,22,25)/t16-/m0/s1. The fourth-order valence-electron chi connectivity index (χ4n) is 2.48. The Hall–Kier alpha value is -3.62. The first-order chi connectivity index (χ1) is 14.0. The Labute approximate surface area is 167 Å². The third-order valence-corrected chi connectivity index (χ3v) is 3.94. The Morgan fingerprint density at radius 3 is 2.34 bits per heavy atom. The summed E-state index contributed by atoms with van der Waals surface area (Å²) in [5, 5.41) is 2.48. The van der Waals surface area contributed by atoms with Crippen LogP contribution in [0.3, 0.4) is 0 Å². The summed E-state index contributed by atoms with van der Waals surface area (Å²) in [6.45, 7) is 0.0548. The van der Waals surface area contributed by atoms with Gasteiger partial charge in [0.1, 0.15) is 12.6 Å². The van der Waals surface area contributed by atoms with Crippen molar-refractivity contribution in [1.82, 2.24) is 10.3 Å². The maximum Gasteiger partial charge on any atom is 0.408 e. The van der Waals surface area contributed by atoms with Crippen LogP contribution in [0.5, 0.6) is 5.88 Å². The van der Waals surface area contributed by atoms with Gasteiger partial charge in [-0.15, -0.1) is 0 Å². The highest BCUT2D eigenvalue weighted by atomic mass is 16.6. The third kappa shape index (κ3) is 6.20. The fraction of sp³-hybridized carbons (Fsp3) is 0.300.